The SMILES string of the molecule is C[C@H](Oc1cccc(Cl)c1)C(=O)NCCCn1ccc2ccccc21. The Balaban J connectivity index is 1.44. The third kappa shape index (κ3) is 4.54. The van der Waals surface area contributed by atoms with Crippen molar-refractivity contribution in [3.8, 4) is 5.75 Å². The number of aromatic nitrogens is 1. The Kier molecular flexibility index (Phi) is 5.61. The smallest absolute Gasteiger partial charge is 0.260 e. The van der Waals surface area contributed by atoms with Gasteiger partial charge in [0.1, 0.15) is 5.75 Å². The van der Waals surface area contributed by atoms with E-state index in [-0.39, 0.29) is 5.91 Å². The molecule has 0 aliphatic heterocycles. The zero-order valence-corrected chi connectivity index (χ0v) is 14.9. The van der Waals surface area contributed by atoms with E-state index in [0.29, 0.717) is 17.3 Å². The molecule has 1 aromatic heterocycles. The highest BCUT2D eigenvalue weighted by molar-refractivity contribution is 6.30. The van der Waals surface area contributed by atoms with Crippen LogP contribution in [-0.2, 0) is 11.3 Å². The molecular weight excluding hydrogens is 336 g/mol. The molecule has 1 N–H and O–H groups in total. The number of rotatable bonds is 7. The Labute approximate surface area is 152 Å². The summed E-state index contributed by atoms with van der Waals surface area (Å²) in [5, 5.41) is 4.74. The van der Waals surface area contributed by atoms with Crippen LogP contribution in [0.1, 0.15) is 13.3 Å². The van der Waals surface area contributed by atoms with Gasteiger partial charge >= 0.3 is 0 Å². The van der Waals surface area contributed by atoms with Crippen molar-refractivity contribution in [3.05, 3.63) is 65.8 Å². The van der Waals surface area contributed by atoms with Crippen molar-refractivity contribution >= 4 is 28.4 Å². The van der Waals surface area contributed by atoms with Gasteiger partial charge in [-0.25, -0.2) is 0 Å². The average Bonchev–Trinajstić information content (AvgIpc) is 3.02. The topological polar surface area (TPSA) is 43.3 Å². The second-order valence-electron chi connectivity index (χ2n) is 5.93. The zero-order chi connectivity index (χ0) is 17.6. The molecule has 1 amide bonds. The number of halogens is 1. The fraction of sp³-hybridized carbons (Fsp3) is 0.250. The molecule has 5 heteroatoms. The van der Waals surface area contributed by atoms with Crippen molar-refractivity contribution in [2.45, 2.75) is 26.0 Å². The Bertz CT molecular complexity index is 860. The molecule has 130 valence electrons. The van der Waals surface area contributed by atoms with Gasteiger partial charge in [0, 0.05) is 29.8 Å². The minimum atomic E-state index is -0.564. The molecular formula is C20H21ClN2O2. The monoisotopic (exact) mass is 356 g/mol. The van der Waals surface area contributed by atoms with Crippen LogP contribution in [-0.4, -0.2) is 23.1 Å². The molecule has 3 rings (SSSR count). The number of fused-ring (bicyclic) bond motifs is 1. The van der Waals surface area contributed by atoms with Crippen molar-refractivity contribution in [1.82, 2.24) is 9.88 Å². The van der Waals surface area contributed by atoms with E-state index < -0.39 is 6.10 Å². The molecule has 0 aliphatic carbocycles. The molecule has 0 spiro atoms. The van der Waals surface area contributed by atoms with Crippen LogP contribution in [0.15, 0.2) is 60.8 Å². The van der Waals surface area contributed by atoms with E-state index in [2.05, 4.69) is 34.3 Å². The lowest BCUT2D eigenvalue weighted by Gasteiger charge is -2.15. The van der Waals surface area contributed by atoms with Crippen LogP contribution in [0.4, 0.5) is 0 Å². The lowest BCUT2D eigenvalue weighted by atomic mass is 10.2. The summed E-state index contributed by atoms with van der Waals surface area (Å²) in [5.74, 6) is 0.464. The number of carbonyl (C=O) groups excluding carboxylic acids is 1. The van der Waals surface area contributed by atoms with E-state index in [4.69, 9.17) is 16.3 Å². The fourth-order valence-electron chi connectivity index (χ4n) is 2.74. The predicted octanol–water partition coefficient (Wildman–Crippen LogP) is 4.27. The molecule has 4 nitrogen and oxygen atoms in total. The Morgan fingerprint density at radius 3 is 2.88 bits per heavy atom. The standard InChI is InChI=1S/C20H21ClN2O2/c1-15(25-18-8-4-7-17(21)14-18)20(24)22-11-5-12-23-13-10-16-6-2-3-9-19(16)23/h2-4,6-10,13-15H,5,11-12H2,1H3,(H,22,24)/t15-/m0/s1. The number of amides is 1. The summed E-state index contributed by atoms with van der Waals surface area (Å²) >= 11 is 5.92. The van der Waals surface area contributed by atoms with E-state index >= 15 is 0 Å². The molecule has 0 saturated carbocycles. The van der Waals surface area contributed by atoms with Crippen LogP contribution < -0.4 is 10.1 Å². The van der Waals surface area contributed by atoms with Crippen molar-refractivity contribution in [2.24, 2.45) is 0 Å². The molecule has 2 aromatic carbocycles. The van der Waals surface area contributed by atoms with Gasteiger partial charge in [-0.1, -0.05) is 35.9 Å². The summed E-state index contributed by atoms with van der Waals surface area (Å²) in [6.07, 6.45) is 2.37. The van der Waals surface area contributed by atoms with Gasteiger partial charge in [0.2, 0.25) is 0 Å². The number of nitrogens with zero attached hydrogens (tertiary/aromatic N) is 1. The normalized spacial score (nSPS) is 12.1. The molecule has 1 heterocycles. The van der Waals surface area contributed by atoms with Gasteiger partial charge in [-0.3, -0.25) is 4.79 Å². The fourth-order valence-corrected chi connectivity index (χ4v) is 2.92. The number of aryl methyl sites for hydroxylation is 1. The van der Waals surface area contributed by atoms with Crippen LogP contribution in [0.3, 0.4) is 0 Å². The van der Waals surface area contributed by atoms with Gasteiger partial charge < -0.3 is 14.6 Å². The van der Waals surface area contributed by atoms with Gasteiger partial charge in [-0.15, -0.1) is 0 Å². The highest BCUT2D eigenvalue weighted by Gasteiger charge is 2.14. The lowest BCUT2D eigenvalue weighted by molar-refractivity contribution is -0.127. The number of para-hydroxylation sites is 1. The number of nitrogens with one attached hydrogen (secondary N) is 1. The first-order valence-corrected chi connectivity index (χ1v) is 8.75. The van der Waals surface area contributed by atoms with Gasteiger partial charge in [-0.2, -0.15) is 0 Å². The van der Waals surface area contributed by atoms with Gasteiger partial charge in [0.05, 0.1) is 0 Å². The summed E-state index contributed by atoms with van der Waals surface area (Å²) in [7, 11) is 0. The van der Waals surface area contributed by atoms with Crippen LogP contribution in [0.25, 0.3) is 10.9 Å². The maximum absolute atomic E-state index is 12.1. The Morgan fingerprint density at radius 1 is 1.20 bits per heavy atom. The van der Waals surface area contributed by atoms with Crippen molar-refractivity contribution in [2.75, 3.05) is 6.54 Å². The van der Waals surface area contributed by atoms with Crippen LogP contribution >= 0.6 is 11.6 Å². The van der Waals surface area contributed by atoms with Crippen LogP contribution in [0, 0.1) is 0 Å². The number of carbonyl (C=O) groups is 1. The summed E-state index contributed by atoms with van der Waals surface area (Å²) < 4.78 is 7.82. The predicted molar refractivity (Wildman–Crippen MR) is 101 cm³/mol. The second kappa shape index (κ2) is 8.08. The largest absolute Gasteiger partial charge is 0.481 e. The lowest BCUT2D eigenvalue weighted by Crippen LogP contribution is -2.37. The van der Waals surface area contributed by atoms with E-state index in [9.17, 15) is 4.79 Å². The Morgan fingerprint density at radius 2 is 2.04 bits per heavy atom. The number of benzene rings is 2. The average molecular weight is 357 g/mol. The highest BCUT2D eigenvalue weighted by Crippen LogP contribution is 2.18. The van der Waals surface area contributed by atoms with Crippen molar-refractivity contribution < 1.29 is 9.53 Å². The quantitative estimate of drug-likeness (QED) is 0.642. The molecule has 1 atom stereocenters. The minimum Gasteiger partial charge on any atom is -0.481 e. The van der Waals surface area contributed by atoms with Crippen molar-refractivity contribution in [1.29, 1.82) is 0 Å². The third-order valence-corrected chi connectivity index (χ3v) is 4.27. The van der Waals surface area contributed by atoms with Gasteiger partial charge in [-0.05, 0) is 49.1 Å². The molecule has 0 radical (unpaired) electrons. The van der Waals surface area contributed by atoms with E-state index in [1.807, 2.05) is 12.1 Å². The summed E-state index contributed by atoms with van der Waals surface area (Å²) in [6, 6.07) is 17.4. The first kappa shape index (κ1) is 17.4. The molecule has 0 bridgehead atoms. The van der Waals surface area contributed by atoms with E-state index in [0.717, 1.165) is 13.0 Å². The van der Waals surface area contributed by atoms with Gasteiger partial charge in [0.25, 0.3) is 5.91 Å². The minimum absolute atomic E-state index is 0.127. The molecule has 25 heavy (non-hydrogen) atoms. The molecule has 0 fully saturated rings. The van der Waals surface area contributed by atoms with Crippen LogP contribution in [0.2, 0.25) is 5.02 Å². The first-order chi connectivity index (χ1) is 12.1. The maximum Gasteiger partial charge on any atom is 0.260 e. The highest BCUT2D eigenvalue weighted by atomic mass is 35.5. The Hall–Kier alpha value is -2.46. The maximum atomic E-state index is 12.1. The second-order valence-corrected chi connectivity index (χ2v) is 6.37. The number of hydrogen-bond donors (Lipinski definition) is 1. The summed E-state index contributed by atoms with van der Waals surface area (Å²) in [5.41, 5.74) is 1.21. The molecule has 0 unspecified atom stereocenters. The zero-order valence-electron chi connectivity index (χ0n) is 14.1. The summed E-state index contributed by atoms with van der Waals surface area (Å²) in [4.78, 5) is 12.1. The summed E-state index contributed by atoms with van der Waals surface area (Å²) in [6.45, 7) is 3.20. The molecule has 3 aromatic rings. The first-order valence-electron chi connectivity index (χ1n) is 8.37. The van der Waals surface area contributed by atoms with Gasteiger partial charge in [0.15, 0.2) is 6.10 Å². The van der Waals surface area contributed by atoms with Crippen LogP contribution in [0.5, 0.6) is 5.75 Å². The number of ether oxygens (including phenoxy) is 1. The molecule has 0 aliphatic rings. The van der Waals surface area contributed by atoms with E-state index in [1.54, 1.807) is 31.2 Å². The van der Waals surface area contributed by atoms with E-state index in [1.165, 1.54) is 10.9 Å². The molecule has 0 saturated heterocycles. The van der Waals surface area contributed by atoms with Crippen molar-refractivity contribution in [3.63, 3.8) is 0 Å². The third-order valence-electron chi connectivity index (χ3n) is 4.03. The number of hydrogen-bond acceptors (Lipinski definition) is 2.